The average Bonchev–Trinajstić information content (AvgIpc) is 2.98. The minimum atomic E-state index is -0.146. The molecule has 1 aromatic carbocycles. The van der Waals surface area contributed by atoms with Crippen LogP contribution in [0.2, 0.25) is 0 Å². The number of benzene rings is 1. The molecule has 25 heavy (non-hydrogen) atoms. The summed E-state index contributed by atoms with van der Waals surface area (Å²) in [6, 6.07) is 7.58. The molecular formula is C18H21N3O2S2. The first-order valence-electron chi connectivity index (χ1n) is 8.22. The number of nitrogens with zero attached hydrogens (tertiary/aromatic N) is 2. The molecule has 0 saturated heterocycles. The number of carbonyl (C=O) groups is 1. The molecule has 0 saturated carbocycles. The van der Waals surface area contributed by atoms with Crippen molar-refractivity contribution >= 4 is 35.1 Å². The quantitative estimate of drug-likeness (QED) is 0.640. The van der Waals surface area contributed by atoms with Gasteiger partial charge in [0.1, 0.15) is 0 Å². The van der Waals surface area contributed by atoms with Gasteiger partial charge >= 0.3 is 0 Å². The summed E-state index contributed by atoms with van der Waals surface area (Å²) in [5, 5.41) is 3.70. The van der Waals surface area contributed by atoms with Crippen LogP contribution in [0.3, 0.4) is 0 Å². The van der Waals surface area contributed by atoms with Gasteiger partial charge in [0.2, 0.25) is 5.91 Å². The first-order chi connectivity index (χ1) is 12.0. The highest BCUT2D eigenvalue weighted by atomic mass is 32.2. The van der Waals surface area contributed by atoms with Crippen molar-refractivity contribution < 1.29 is 4.79 Å². The summed E-state index contributed by atoms with van der Waals surface area (Å²) in [4.78, 5) is 30.8. The summed E-state index contributed by atoms with van der Waals surface area (Å²) in [7, 11) is 0. The fourth-order valence-corrected chi connectivity index (χ4v) is 4.78. The van der Waals surface area contributed by atoms with E-state index in [1.165, 1.54) is 0 Å². The van der Waals surface area contributed by atoms with Crippen LogP contribution in [-0.2, 0) is 11.2 Å². The lowest BCUT2D eigenvalue weighted by Gasteiger charge is -2.15. The van der Waals surface area contributed by atoms with E-state index in [-0.39, 0.29) is 23.9 Å². The van der Waals surface area contributed by atoms with Gasteiger partial charge in [-0.15, -0.1) is 11.8 Å². The highest BCUT2D eigenvalue weighted by molar-refractivity contribution is 7.99. The monoisotopic (exact) mass is 375 g/mol. The fourth-order valence-electron chi connectivity index (χ4n) is 3.04. The zero-order valence-electron chi connectivity index (χ0n) is 14.5. The van der Waals surface area contributed by atoms with E-state index in [1.54, 1.807) is 28.1 Å². The number of fused-ring (bicyclic) bond motifs is 1. The van der Waals surface area contributed by atoms with Gasteiger partial charge in [-0.2, -0.15) is 0 Å². The van der Waals surface area contributed by atoms with Gasteiger partial charge in [-0.25, -0.2) is 4.98 Å². The van der Waals surface area contributed by atoms with Crippen LogP contribution in [0, 0.1) is 6.92 Å². The van der Waals surface area contributed by atoms with Gasteiger partial charge in [-0.1, -0.05) is 30.8 Å². The average molecular weight is 376 g/mol. The number of hydrogen-bond donors (Lipinski definition) is 1. The Balaban J connectivity index is 1.80. The summed E-state index contributed by atoms with van der Waals surface area (Å²) in [6.07, 6.45) is 2.91. The number of amides is 1. The van der Waals surface area contributed by atoms with Crippen molar-refractivity contribution in [1.82, 2.24) is 9.55 Å². The second-order valence-electron chi connectivity index (χ2n) is 5.90. The lowest BCUT2D eigenvalue weighted by Crippen LogP contribution is -2.30. The Labute approximate surface area is 155 Å². The Hall–Kier alpha value is -1.73. The summed E-state index contributed by atoms with van der Waals surface area (Å²) >= 11 is 3.14. The predicted octanol–water partition coefficient (Wildman–Crippen LogP) is 3.51. The topological polar surface area (TPSA) is 64.0 Å². The molecule has 0 aliphatic carbocycles. The lowest BCUT2D eigenvalue weighted by molar-refractivity contribution is -0.116. The van der Waals surface area contributed by atoms with Crippen molar-refractivity contribution in [3.63, 3.8) is 0 Å². The molecule has 7 heteroatoms. The molecule has 1 unspecified atom stereocenters. The molecule has 0 spiro atoms. The first kappa shape index (κ1) is 18.1. The van der Waals surface area contributed by atoms with E-state index >= 15 is 0 Å². The number of carbonyl (C=O) groups excluding carboxylic acids is 1. The van der Waals surface area contributed by atoms with Crippen molar-refractivity contribution in [2.45, 2.75) is 42.8 Å². The van der Waals surface area contributed by atoms with Crippen LogP contribution in [0.5, 0.6) is 0 Å². The van der Waals surface area contributed by atoms with Crippen molar-refractivity contribution in [3.8, 4) is 0 Å². The van der Waals surface area contributed by atoms with Crippen LogP contribution < -0.4 is 10.9 Å². The maximum absolute atomic E-state index is 12.7. The van der Waals surface area contributed by atoms with Gasteiger partial charge in [-0.3, -0.25) is 14.2 Å². The molecular weight excluding hydrogens is 354 g/mol. The van der Waals surface area contributed by atoms with E-state index in [9.17, 15) is 9.59 Å². The van der Waals surface area contributed by atoms with Crippen molar-refractivity contribution in [2.75, 3.05) is 17.3 Å². The fraction of sp³-hybridized carbons (Fsp3) is 0.389. The van der Waals surface area contributed by atoms with Gasteiger partial charge in [0, 0.05) is 28.3 Å². The molecule has 2 heterocycles. The first-order valence-corrected chi connectivity index (χ1v) is 10.4. The number of nitrogens with one attached hydrogen (secondary N) is 1. The molecule has 1 aliphatic heterocycles. The molecule has 2 aromatic rings. The minimum Gasteiger partial charge on any atom is -0.325 e. The Bertz CT molecular complexity index is 864. The van der Waals surface area contributed by atoms with Gasteiger partial charge in [0.05, 0.1) is 11.7 Å². The van der Waals surface area contributed by atoms with Crippen LogP contribution >= 0.6 is 23.5 Å². The predicted molar refractivity (Wildman–Crippen MR) is 104 cm³/mol. The van der Waals surface area contributed by atoms with Crippen LogP contribution in [0.25, 0.3) is 0 Å². The highest BCUT2D eigenvalue weighted by Gasteiger charge is 2.29. The third-order valence-electron chi connectivity index (χ3n) is 4.31. The molecule has 1 amide bonds. The molecule has 132 valence electrons. The van der Waals surface area contributed by atoms with E-state index in [4.69, 9.17) is 0 Å². The Kier molecular flexibility index (Phi) is 5.54. The number of para-hydroxylation sites is 1. The molecule has 0 fully saturated rings. The second kappa shape index (κ2) is 7.66. The van der Waals surface area contributed by atoms with Crippen LogP contribution in [0.4, 0.5) is 5.69 Å². The van der Waals surface area contributed by atoms with E-state index in [0.717, 1.165) is 27.0 Å². The summed E-state index contributed by atoms with van der Waals surface area (Å²) in [5.41, 5.74) is 2.35. The molecule has 1 aliphatic rings. The Morgan fingerprint density at radius 1 is 1.44 bits per heavy atom. The standard InChI is InChI=1S/C18H21N3O2S2/c1-4-13-11(2)19-18-21(17(13)23)12(10-25-18)9-16(22)20-14-7-5-6-8-15(14)24-3/h5-8,12H,4,9-10H2,1-3H3,(H,20,22). The highest BCUT2D eigenvalue weighted by Crippen LogP contribution is 2.33. The van der Waals surface area contributed by atoms with Crippen LogP contribution in [-0.4, -0.2) is 27.5 Å². The number of anilines is 1. The molecule has 1 N–H and O–H groups in total. The van der Waals surface area contributed by atoms with E-state index in [0.29, 0.717) is 12.2 Å². The zero-order chi connectivity index (χ0) is 18.0. The number of aromatic nitrogens is 2. The molecule has 3 rings (SSSR count). The van der Waals surface area contributed by atoms with Gasteiger partial charge in [-0.05, 0) is 31.7 Å². The molecule has 1 atom stereocenters. The smallest absolute Gasteiger partial charge is 0.257 e. The maximum atomic E-state index is 12.7. The normalized spacial score (nSPS) is 15.9. The molecule has 1 aromatic heterocycles. The Morgan fingerprint density at radius 3 is 2.92 bits per heavy atom. The Morgan fingerprint density at radius 2 is 2.20 bits per heavy atom. The maximum Gasteiger partial charge on any atom is 0.257 e. The third-order valence-corrected chi connectivity index (χ3v) is 6.20. The van der Waals surface area contributed by atoms with Crippen LogP contribution in [0.1, 0.15) is 30.6 Å². The summed E-state index contributed by atoms with van der Waals surface area (Å²) in [5.74, 6) is 0.623. The van der Waals surface area contributed by atoms with Crippen molar-refractivity contribution in [3.05, 3.63) is 45.9 Å². The zero-order valence-corrected chi connectivity index (χ0v) is 16.2. The summed E-state index contributed by atoms with van der Waals surface area (Å²) < 4.78 is 1.70. The van der Waals surface area contributed by atoms with Gasteiger partial charge < -0.3 is 5.32 Å². The van der Waals surface area contributed by atoms with E-state index in [2.05, 4.69) is 10.3 Å². The van der Waals surface area contributed by atoms with E-state index < -0.39 is 0 Å². The second-order valence-corrected chi connectivity index (χ2v) is 7.74. The number of thioether (sulfide) groups is 2. The number of hydrogen-bond acceptors (Lipinski definition) is 5. The van der Waals surface area contributed by atoms with Crippen molar-refractivity contribution in [1.29, 1.82) is 0 Å². The largest absolute Gasteiger partial charge is 0.325 e. The number of aryl methyl sites for hydroxylation is 1. The molecule has 0 bridgehead atoms. The summed E-state index contributed by atoms with van der Waals surface area (Å²) in [6.45, 7) is 3.84. The molecule has 5 nitrogen and oxygen atoms in total. The van der Waals surface area contributed by atoms with Gasteiger partial charge in [0.25, 0.3) is 5.56 Å². The third kappa shape index (κ3) is 3.62. The van der Waals surface area contributed by atoms with E-state index in [1.807, 2.05) is 44.4 Å². The van der Waals surface area contributed by atoms with Crippen molar-refractivity contribution in [2.24, 2.45) is 0 Å². The number of rotatable bonds is 5. The lowest BCUT2D eigenvalue weighted by atomic mass is 10.1. The van der Waals surface area contributed by atoms with Gasteiger partial charge in [0.15, 0.2) is 5.16 Å². The minimum absolute atomic E-state index is 0.00249. The molecule has 0 radical (unpaired) electrons. The SMILES string of the molecule is CCc1c(C)nc2n(c1=O)C(CC(=O)Nc1ccccc1SC)CS2. The van der Waals surface area contributed by atoms with Crippen LogP contribution in [0.15, 0.2) is 39.1 Å².